The number of alkyl halides is 1. The van der Waals surface area contributed by atoms with Crippen LogP contribution in [0, 0.1) is 13.8 Å². The number of halogens is 1. The molecule has 1 aliphatic carbocycles. The minimum atomic E-state index is -0.00995. The maximum absolute atomic E-state index is 12.5. The third-order valence-electron chi connectivity index (χ3n) is 4.22. The Hall–Kier alpha value is -1.61. The molecule has 0 heterocycles. The molecule has 2 aromatic rings. The number of aryl methyl sites for hydroxylation is 2. The molecule has 0 spiro atoms. The standard InChI is InChI=1S/C18H18BrNO/c1-11-7-8-14(9-12(11)2)18(21)20-17-15-6-4-3-5-13(15)10-16(17)19/h3-9,16-17H,10H2,1-2H3,(H,20,21). The smallest absolute Gasteiger partial charge is 0.251 e. The summed E-state index contributed by atoms with van der Waals surface area (Å²) in [4.78, 5) is 12.7. The van der Waals surface area contributed by atoms with E-state index in [0.29, 0.717) is 0 Å². The van der Waals surface area contributed by atoms with Crippen molar-refractivity contribution in [3.05, 3.63) is 70.3 Å². The number of nitrogens with one attached hydrogen (secondary N) is 1. The van der Waals surface area contributed by atoms with Gasteiger partial charge in [-0.2, -0.15) is 0 Å². The van der Waals surface area contributed by atoms with Crippen LogP contribution in [0.5, 0.6) is 0 Å². The highest BCUT2D eigenvalue weighted by atomic mass is 79.9. The first-order chi connectivity index (χ1) is 10.1. The summed E-state index contributed by atoms with van der Waals surface area (Å²) in [5.74, 6) is -0.00995. The second kappa shape index (κ2) is 5.64. The topological polar surface area (TPSA) is 29.1 Å². The third-order valence-corrected chi connectivity index (χ3v) is 5.07. The monoisotopic (exact) mass is 343 g/mol. The molecule has 0 saturated heterocycles. The number of amides is 1. The van der Waals surface area contributed by atoms with E-state index < -0.39 is 0 Å². The number of carbonyl (C=O) groups is 1. The van der Waals surface area contributed by atoms with E-state index in [-0.39, 0.29) is 16.8 Å². The molecular weight excluding hydrogens is 326 g/mol. The lowest BCUT2D eigenvalue weighted by molar-refractivity contribution is 0.0938. The third kappa shape index (κ3) is 2.75. The van der Waals surface area contributed by atoms with Gasteiger partial charge in [0.15, 0.2) is 0 Å². The molecule has 2 aromatic carbocycles. The van der Waals surface area contributed by atoms with Gasteiger partial charge in [-0.15, -0.1) is 0 Å². The Morgan fingerprint density at radius 2 is 1.90 bits per heavy atom. The zero-order chi connectivity index (χ0) is 15.0. The lowest BCUT2D eigenvalue weighted by Gasteiger charge is -2.18. The van der Waals surface area contributed by atoms with E-state index >= 15 is 0 Å². The average Bonchev–Trinajstić information content (AvgIpc) is 2.78. The van der Waals surface area contributed by atoms with Gasteiger partial charge >= 0.3 is 0 Å². The van der Waals surface area contributed by atoms with Crippen LogP contribution in [0.3, 0.4) is 0 Å². The Bertz CT molecular complexity index is 695. The number of fused-ring (bicyclic) bond motifs is 1. The molecule has 0 bridgehead atoms. The zero-order valence-electron chi connectivity index (χ0n) is 12.2. The summed E-state index contributed by atoms with van der Waals surface area (Å²) in [6.07, 6.45) is 0.952. The second-order valence-corrected chi connectivity index (χ2v) is 6.85. The van der Waals surface area contributed by atoms with Crippen molar-refractivity contribution in [2.45, 2.75) is 31.1 Å². The van der Waals surface area contributed by atoms with Crippen LogP contribution in [-0.4, -0.2) is 10.7 Å². The Kier molecular flexibility index (Phi) is 3.85. The maximum atomic E-state index is 12.5. The number of carbonyl (C=O) groups excluding carboxylic acids is 1. The van der Waals surface area contributed by atoms with E-state index in [1.165, 1.54) is 16.7 Å². The molecule has 1 amide bonds. The second-order valence-electron chi connectivity index (χ2n) is 5.67. The molecule has 21 heavy (non-hydrogen) atoms. The average molecular weight is 344 g/mol. The predicted octanol–water partition coefficient (Wildman–Crippen LogP) is 4.09. The fraction of sp³-hybridized carbons (Fsp3) is 0.278. The van der Waals surface area contributed by atoms with Gasteiger partial charge in [-0.25, -0.2) is 0 Å². The van der Waals surface area contributed by atoms with Gasteiger partial charge in [0.05, 0.1) is 6.04 Å². The molecule has 0 saturated carbocycles. The van der Waals surface area contributed by atoms with Crippen LogP contribution in [0.4, 0.5) is 0 Å². The first-order valence-electron chi connectivity index (χ1n) is 7.16. The minimum absolute atomic E-state index is 0.00995. The Balaban J connectivity index is 1.83. The summed E-state index contributed by atoms with van der Waals surface area (Å²) in [7, 11) is 0. The van der Waals surface area contributed by atoms with Crippen molar-refractivity contribution in [2.75, 3.05) is 0 Å². The van der Waals surface area contributed by atoms with Crippen molar-refractivity contribution < 1.29 is 4.79 Å². The van der Waals surface area contributed by atoms with Gasteiger partial charge in [0.2, 0.25) is 0 Å². The highest BCUT2D eigenvalue weighted by molar-refractivity contribution is 9.09. The molecule has 3 rings (SSSR count). The summed E-state index contributed by atoms with van der Waals surface area (Å²) >= 11 is 3.70. The molecule has 0 aliphatic heterocycles. The van der Waals surface area contributed by atoms with Crippen LogP contribution in [-0.2, 0) is 6.42 Å². The highest BCUT2D eigenvalue weighted by Gasteiger charge is 2.31. The molecular formula is C18H18BrNO. The maximum Gasteiger partial charge on any atom is 0.251 e. The van der Waals surface area contributed by atoms with Crippen molar-refractivity contribution in [2.24, 2.45) is 0 Å². The lowest BCUT2D eigenvalue weighted by Crippen LogP contribution is -2.31. The van der Waals surface area contributed by atoms with Gasteiger partial charge in [-0.05, 0) is 54.7 Å². The van der Waals surface area contributed by atoms with Crippen molar-refractivity contribution in [3.63, 3.8) is 0 Å². The van der Waals surface area contributed by atoms with E-state index in [4.69, 9.17) is 0 Å². The van der Waals surface area contributed by atoms with Gasteiger partial charge in [0.1, 0.15) is 0 Å². The Labute approximate surface area is 133 Å². The summed E-state index contributed by atoms with van der Waals surface area (Å²) in [6.45, 7) is 4.09. The van der Waals surface area contributed by atoms with Gasteiger partial charge < -0.3 is 5.32 Å². The molecule has 2 nitrogen and oxygen atoms in total. The summed E-state index contributed by atoms with van der Waals surface area (Å²) < 4.78 is 0. The number of hydrogen-bond acceptors (Lipinski definition) is 1. The van der Waals surface area contributed by atoms with Crippen molar-refractivity contribution in [1.82, 2.24) is 5.32 Å². The SMILES string of the molecule is Cc1ccc(C(=O)NC2c3ccccc3CC2Br)cc1C. The first kappa shape index (κ1) is 14.3. The normalized spacial score (nSPS) is 20.1. The highest BCUT2D eigenvalue weighted by Crippen LogP contribution is 2.35. The van der Waals surface area contributed by atoms with E-state index in [1.807, 2.05) is 37.3 Å². The van der Waals surface area contributed by atoms with Crippen LogP contribution in [0.25, 0.3) is 0 Å². The molecule has 2 atom stereocenters. The molecule has 0 aromatic heterocycles. The molecule has 1 aliphatic rings. The predicted molar refractivity (Wildman–Crippen MR) is 89.0 cm³/mol. The summed E-state index contributed by atoms with van der Waals surface area (Å²) in [6, 6.07) is 14.2. The first-order valence-corrected chi connectivity index (χ1v) is 8.08. The van der Waals surface area contributed by atoms with Crippen LogP contribution < -0.4 is 5.32 Å². The van der Waals surface area contributed by atoms with Crippen LogP contribution in [0.1, 0.15) is 38.7 Å². The number of benzene rings is 2. The number of hydrogen-bond donors (Lipinski definition) is 1. The van der Waals surface area contributed by atoms with Gasteiger partial charge in [0.25, 0.3) is 5.91 Å². The van der Waals surface area contributed by atoms with Gasteiger partial charge in [-0.1, -0.05) is 46.3 Å². The fourth-order valence-corrected chi connectivity index (χ4v) is 3.59. The molecule has 1 N–H and O–H groups in total. The zero-order valence-corrected chi connectivity index (χ0v) is 13.8. The van der Waals surface area contributed by atoms with Crippen LogP contribution >= 0.6 is 15.9 Å². The quantitative estimate of drug-likeness (QED) is 0.817. The Morgan fingerprint density at radius 3 is 2.67 bits per heavy atom. The van der Waals surface area contributed by atoms with Crippen molar-refractivity contribution in [3.8, 4) is 0 Å². The fourth-order valence-electron chi connectivity index (χ4n) is 2.82. The van der Waals surface area contributed by atoms with Crippen LogP contribution in [0.2, 0.25) is 0 Å². The molecule has 2 unspecified atom stereocenters. The number of rotatable bonds is 2. The lowest BCUT2D eigenvalue weighted by atomic mass is 10.0. The van der Waals surface area contributed by atoms with E-state index in [0.717, 1.165) is 17.5 Å². The van der Waals surface area contributed by atoms with Crippen molar-refractivity contribution >= 4 is 21.8 Å². The minimum Gasteiger partial charge on any atom is -0.344 e. The Morgan fingerprint density at radius 1 is 1.14 bits per heavy atom. The summed E-state index contributed by atoms with van der Waals surface area (Å²) in [5, 5.41) is 3.16. The molecule has 3 heteroatoms. The molecule has 0 fully saturated rings. The van der Waals surface area contributed by atoms with Gasteiger partial charge in [-0.3, -0.25) is 4.79 Å². The van der Waals surface area contributed by atoms with E-state index in [9.17, 15) is 4.79 Å². The summed E-state index contributed by atoms with van der Waals surface area (Å²) in [5.41, 5.74) is 5.60. The molecule has 108 valence electrons. The van der Waals surface area contributed by atoms with Gasteiger partial charge in [0, 0.05) is 10.4 Å². The van der Waals surface area contributed by atoms with Crippen LogP contribution in [0.15, 0.2) is 42.5 Å². The van der Waals surface area contributed by atoms with E-state index in [2.05, 4.69) is 40.3 Å². The van der Waals surface area contributed by atoms with E-state index in [1.54, 1.807) is 0 Å². The largest absolute Gasteiger partial charge is 0.344 e. The molecule has 0 radical (unpaired) electrons. The van der Waals surface area contributed by atoms with Crippen molar-refractivity contribution in [1.29, 1.82) is 0 Å².